The molecule has 0 bridgehead atoms. The summed E-state index contributed by atoms with van der Waals surface area (Å²) in [6.45, 7) is 4.23. The van der Waals surface area contributed by atoms with Crippen LogP contribution in [0.4, 0.5) is 0 Å². The van der Waals surface area contributed by atoms with Crippen LogP contribution in [0.3, 0.4) is 0 Å². The van der Waals surface area contributed by atoms with E-state index in [0.717, 1.165) is 109 Å². The molecule has 0 saturated heterocycles. The lowest BCUT2D eigenvalue weighted by Crippen LogP contribution is -2.30. The fraction of sp³-hybridized carbons (Fsp3) is 0.591. The van der Waals surface area contributed by atoms with Gasteiger partial charge in [0.1, 0.15) is 12.7 Å². The van der Waals surface area contributed by atoms with E-state index < -0.39 is 64.4 Å². The van der Waals surface area contributed by atoms with E-state index in [0.29, 0.717) is 25.7 Å². The molecule has 0 aliphatic carbocycles. The van der Waals surface area contributed by atoms with Crippen molar-refractivity contribution in [2.24, 2.45) is 0 Å². The molecule has 0 aromatic carbocycles. The SMILES string of the molecule is CC/C=C\C/C=C\C/C=C\C/C=C\C/C=C\C/C=C\CCC(=O)OC(COC(=O)CCCC/C=C\C/C=C\C/C=C\C/C=C\CC)COP(=O)(O)OCC(CO)OC(=O)CCCCCCCCC/C=C\C/C=C\CCCCC. The summed E-state index contributed by atoms with van der Waals surface area (Å²) in [7, 11) is -4.79. The monoisotopic (exact) mass is 1100 g/mol. The molecule has 3 unspecified atom stereocenters. The predicted octanol–water partition coefficient (Wildman–Crippen LogP) is 17.9. The number of phosphoric ester groups is 1. The third-order valence-electron chi connectivity index (χ3n) is 11.7. The Morgan fingerprint density at radius 3 is 1.13 bits per heavy atom. The summed E-state index contributed by atoms with van der Waals surface area (Å²) in [5, 5.41) is 9.83. The highest BCUT2D eigenvalue weighted by molar-refractivity contribution is 7.47. The Morgan fingerprint density at radius 2 is 0.692 bits per heavy atom. The van der Waals surface area contributed by atoms with Gasteiger partial charge >= 0.3 is 25.7 Å². The van der Waals surface area contributed by atoms with Crippen molar-refractivity contribution >= 4 is 25.7 Å². The van der Waals surface area contributed by atoms with Crippen molar-refractivity contribution in [3.63, 3.8) is 0 Å². The Kier molecular flexibility index (Phi) is 55.0. The Labute approximate surface area is 473 Å². The van der Waals surface area contributed by atoms with Crippen molar-refractivity contribution < 1.29 is 52.2 Å². The van der Waals surface area contributed by atoms with Crippen LogP contribution >= 0.6 is 7.82 Å². The second-order valence-corrected chi connectivity index (χ2v) is 20.5. The van der Waals surface area contributed by atoms with Crippen molar-refractivity contribution in [1.29, 1.82) is 0 Å². The van der Waals surface area contributed by atoms with Gasteiger partial charge in [-0.15, -0.1) is 0 Å². The topological polar surface area (TPSA) is 155 Å². The number of carbonyl (C=O) groups is 3. The number of aliphatic hydroxyl groups is 1. The van der Waals surface area contributed by atoms with Gasteiger partial charge in [-0.25, -0.2) is 4.57 Å². The highest BCUT2D eigenvalue weighted by Gasteiger charge is 2.28. The molecule has 0 saturated carbocycles. The van der Waals surface area contributed by atoms with E-state index in [4.69, 9.17) is 23.3 Å². The lowest BCUT2D eigenvalue weighted by Gasteiger charge is -2.21. The Hall–Kier alpha value is -4.64. The van der Waals surface area contributed by atoms with E-state index >= 15 is 0 Å². The zero-order valence-electron chi connectivity index (χ0n) is 48.6. The van der Waals surface area contributed by atoms with Crippen LogP contribution in [0.2, 0.25) is 0 Å². The van der Waals surface area contributed by atoms with Gasteiger partial charge in [0.2, 0.25) is 0 Å². The number of hydrogen-bond donors (Lipinski definition) is 2. The molecule has 0 fully saturated rings. The van der Waals surface area contributed by atoms with Crippen LogP contribution in [0.5, 0.6) is 0 Å². The summed E-state index contributed by atoms with van der Waals surface area (Å²) in [4.78, 5) is 48.6. The fourth-order valence-electron chi connectivity index (χ4n) is 7.28. The number of ether oxygens (including phenoxy) is 3. The van der Waals surface area contributed by atoms with Crippen molar-refractivity contribution in [2.45, 2.75) is 226 Å². The number of phosphoric acid groups is 1. The maximum atomic E-state index is 12.9. The number of carbonyl (C=O) groups excluding carboxylic acids is 3. The normalized spacial score (nSPS) is 14.4. The number of unbranched alkanes of at least 4 members (excludes halogenated alkanes) is 12. The van der Waals surface area contributed by atoms with E-state index in [9.17, 15) is 28.9 Å². The molecule has 0 heterocycles. The molecule has 0 radical (unpaired) electrons. The van der Waals surface area contributed by atoms with Gasteiger partial charge in [0, 0.05) is 19.3 Å². The Morgan fingerprint density at radius 1 is 0.372 bits per heavy atom. The van der Waals surface area contributed by atoms with E-state index in [1.165, 1.54) is 38.5 Å². The first kappa shape index (κ1) is 73.4. The van der Waals surface area contributed by atoms with Crippen LogP contribution in [-0.2, 0) is 42.2 Å². The molecule has 0 amide bonds. The molecule has 0 aliphatic rings. The summed E-state index contributed by atoms with van der Waals surface area (Å²) < 4.78 is 39.4. The van der Waals surface area contributed by atoms with Gasteiger partial charge in [-0.2, -0.15) is 0 Å². The zero-order valence-corrected chi connectivity index (χ0v) is 49.5. The van der Waals surface area contributed by atoms with Crippen LogP contribution in [0, 0.1) is 0 Å². The molecule has 3 atom stereocenters. The molecule has 11 nitrogen and oxygen atoms in total. The molecule has 12 heteroatoms. The van der Waals surface area contributed by atoms with Crippen LogP contribution in [-0.4, -0.2) is 66.5 Å². The van der Waals surface area contributed by atoms with Gasteiger partial charge in [0.15, 0.2) is 6.10 Å². The number of esters is 3. The summed E-state index contributed by atoms with van der Waals surface area (Å²) >= 11 is 0. The second-order valence-electron chi connectivity index (χ2n) is 19.0. The quantitative estimate of drug-likeness (QED) is 0.0197. The largest absolute Gasteiger partial charge is 0.472 e. The van der Waals surface area contributed by atoms with E-state index in [1.54, 1.807) is 0 Å². The number of allylic oxidation sites excluding steroid dienone is 24. The van der Waals surface area contributed by atoms with Gasteiger partial charge in [-0.1, -0.05) is 212 Å². The zero-order chi connectivity index (χ0) is 56.9. The number of aliphatic hydroxyl groups excluding tert-OH is 1. The van der Waals surface area contributed by atoms with Crippen LogP contribution in [0.1, 0.15) is 213 Å². The summed E-state index contributed by atoms with van der Waals surface area (Å²) in [6.07, 6.45) is 75.3. The van der Waals surface area contributed by atoms with E-state index in [1.807, 2.05) is 12.2 Å². The highest BCUT2D eigenvalue weighted by Crippen LogP contribution is 2.43. The van der Waals surface area contributed by atoms with Crippen LogP contribution in [0.15, 0.2) is 146 Å². The molecular formula is C66H105O11P. The molecule has 0 aliphatic heterocycles. The van der Waals surface area contributed by atoms with Gasteiger partial charge in [0.05, 0.1) is 19.8 Å². The van der Waals surface area contributed by atoms with Crippen LogP contribution in [0.25, 0.3) is 0 Å². The molecule has 78 heavy (non-hydrogen) atoms. The van der Waals surface area contributed by atoms with Crippen LogP contribution < -0.4 is 0 Å². The highest BCUT2D eigenvalue weighted by atomic mass is 31.2. The first-order valence-electron chi connectivity index (χ1n) is 29.7. The van der Waals surface area contributed by atoms with Crippen molar-refractivity contribution in [3.8, 4) is 0 Å². The molecule has 0 aromatic rings. The number of hydrogen-bond acceptors (Lipinski definition) is 10. The van der Waals surface area contributed by atoms with Gasteiger partial charge < -0.3 is 24.2 Å². The smallest absolute Gasteiger partial charge is 0.462 e. The number of rotatable bonds is 53. The minimum Gasteiger partial charge on any atom is -0.462 e. The first-order valence-corrected chi connectivity index (χ1v) is 31.2. The maximum Gasteiger partial charge on any atom is 0.472 e. The Bertz CT molecular complexity index is 1860. The van der Waals surface area contributed by atoms with Crippen molar-refractivity contribution in [2.75, 3.05) is 26.4 Å². The third-order valence-corrected chi connectivity index (χ3v) is 12.7. The summed E-state index contributed by atoms with van der Waals surface area (Å²) in [5.74, 6) is -1.64. The standard InChI is InChI=1S/C66H105O11P/c1-4-7-10-13-16-19-22-25-28-30-31-33-36-39-42-45-48-51-54-57-66(70)77-63(59-73-64(68)55-52-49-46-43-40-37-34-27-24-21-18-15-12-9-6-3)61-75-78(71,72)74-60-62(58-67)76-65(69)56-53-50-47-44-41-38-35-32-29-26-23-20-17-14-11-8-5-2/h7,9-10,12,16-21,25-29,31,33-34,39-40,42-43,48,51,62-63,67H,4-6,8,11,13-15,22-24,30,32,35-38,41,44-47,49-50,52-61H2,1-3H3,(H,71,72)/b10-7-,12-9-,19-16-,20-17-,21-18-,28-25-,29-26-,33-31-,34-27-,42-39-,43-40-,51-48-. The molecule has 2 N–H and O–H groups in total. The van der Waals surface area contributed by atoms with E-state index in [-0.39, 0.29) is 19.3 Å². The van der Waals surface area contributed by atoms with Crippen molar-refractivity contribution in [3.05, 3.63) is 146 Å². The van der Waals surface area contributed by atoms with Gasteiger partial charge in [0.25, 0.3) is 0 Å². The molecule has 0 aromatic heterocycles. The van der Waals surface area contributed by atoms with Gasteiger partial charge in [-0.05, 0) is 128 Å². The molecule has 0 spiro atoms. The first-order chi connectivity index (χ1) is 38.2. The summed E-state index contributed by atoms with van der Waals surface area (Å²) in [6, 6.07) is 0. The van der Waals surface area contributed by atoms with Crippen molar-refractivity contribution in [1.82, 2.24) is 0 Å². The Balaban J connectivity index is 4.89. The van der Waals surface area contributed by atoms with E-state index in [2.05, 4.69) is 154 Å². The predicted molar refractivity (Wildman–Crippen MR) is 325 cm³/mol. The average Bonchev–Trinajstić information content (AvgIpc) is 3.43. The molecular weight excluding hydrogens is 1000 g/mol. The minimum absolute atomic E-state index is 0.0245. The average molecular weight is 1110 g/mol. The molecule has 440 valence electrons. The fourth-order valence-corrected chi connectivity index (χ4v) is 8.07. The maximum absolute atomic E-state index is 12.9. The lowest BCUT2D eigenvalue weighted by molar-refractivity contribution is -0.161. The second kappa shape index (κ2) is 58.5. The molecule has 0 rings (SSSR count). The minimum atomic E-state index is -4.79. The third kappa shape index (κ3) is 56.1. The lowest BCUT2D eigenvalue weighted by atomic mass is 10.1. The van der Waals surface area contributed by atoms with Gasteiger partial charge in [-0.3, -0.25) is 23.4 Å². The summed E-state index contributed by atoms with van der Waals surface area (Å²) in [5.41, 5.74) is 0.